The topological polar surface area (TPSA) is 49.2 Å². The standard InChI is InChI=1S/C21H17N5S/c27-21-24-22-16-25(21)23-15-17-11-13-20(14-12-17)26(18-7-3-1-4-8-18)19-9-5-2-6-10-19/h1-16H,(H,24,27)/b23-15+. The SMILES string of the molecule is S=c1[nH]ncn1/N=C/c1ccc(N(c2ccccc2)c2ccccc2)cc1. The number of rotatable bonds is 5. The summed E-state index contributed by atoms with van der Waals surface area (Å²) in [4.78, 5) is 2.22. The molecule has 132 valence electrons. The largest absolute Gasteiger partial charge is 0.311 e. The highest BCUT2D eigenvalue weighted by molar-refractivity contribution is 7.71. The van der Waals surface area contributed by atoms with Crippen LogP contribution in [0.15, 0.2) is 96.4 Å². The molecule has 0 unspecified atom stereocenters. The van der Waals surface area contributed by atoms with Crippen molar-refractivity contribution in [3.8, 4) is 0 Å². The maximum atomic E-state index is 5.09. The number of aromatic amines is 1. The van der Waals surface area contributed by atoms with Crippen molar-refractivity contribution in [3.05, 3.63) is 102 Å². The van der Waals surface area contributed by atoms with E-state index in [-0.39, 0.29) is 0 Å². The summed E-state index contributed by atoms with van der Waals surface area (Å²) in [5.41, 5.74) is 4.26. The summed E-state index contributed by atoms with van der Waals surface area (Å²) in [7, 11) is 0. The molecule has 0 aliphatic carbocycles. The molecule has 0 bridgehead atoms. The van der Waals surface area contributed by atoms with Gasteiger partial charge in [0.05, 0.1) is 6.21 Å². The quantitative estimate of drug-likeness (QED) is 0.383. The number of nitrogens with one attached hydrogen (secondary N) is 1. The van der Waals surface area contributed by atoms with E-state index in [1.165, 1.54) is 4.68 Å². The fourth-order valence-electron chi connectivity index (χ4n) is 2.76. The molecule has 3 aromatic carbocycles. The molecule has 0 aliphatic heterocycles. The van der Waals surface area contributed by atoms with Crippen LogP contribution in [0.2, 0.25) is 0 Å². The van der Waals surface area contributed by atoms with Crippen LogP contribution in [0.3, 0.4) is 0 Å². The maximum Gasteiger partial charge on any atom is 0.216 e. The molecule has 0 saturated carbocycles. The molecule has 5 nitrogen and oxygen atoms in total. The zero-order chi connectivity index (χ0) is 18.5. The fraction of sp³-hybridized carbons (Fsp3) is 0. The molecule has 4 aromatic rings. The Balaban J connectivity index is 1.66. The number of hydrogen-bond donors (Lipinski definition) is 1. The minimum Gasteiger partial charge on any atom is -0.311 e. The van der Waals surface area contributed by atoms with E-state index < -0.39 is 0 Å². The maximum absolute atomic E-state index is 5.09. The number of anilines is 3. The first-order chi connectivity index (χ1) is 13.3. The van der Waals surface area contributed by atoms with Gasteiger partial charge in [0.15, 0.2) is 0 Å². The second-order valence-electron chi connectivity index (χ2n) is 5.85. The van der Waals surface area contributed by atoms with Crippen LogP contribution >= 0.6 is 12.2 Å². The van der Waals surface area contributed by atoms with Crippen molar-refractivity contribution in [3.63, 3.8) is 0 Å². The van der Waals surface area contributed by atoms with Crippen LogP contribution in [-0.4, -0.2) is 21.1 Å². The van der Waals surface area contributed by atoms with Gasteiger partial charge in [0.25, 0.3) is 0 Å². The van der Waals surface area contributed by atoms with E-state index in [0.29, 0.717) is 4.77 Å². The number of nitrogens with zero attached hydrogens (tertiary/aromatic N) is 4. The Kier molecular flexibility index (Phi) is 4.89. The van der Waals surface area contributed by atoms with Gasteiger partial charge in [-0.3, -0.25) is 5.10 Å². The van der Waals surface area contributed by atoms with Gasteiger partial charge in [0.1, 0.15) is 6.33 Å². The minimum atomic E-state index is 0.460. The summed E-state index contributed by atoms with van der Waals surface area (Å²) in [6.07, 6.45) is 3.30. The lowest BCUT2D eigenvalue weighted by Crippen LogP contribution is -2.09. The lowest BCUT2D eigenvalue weighted by Gasteiger charge is -2.25. The number of hydrogen-bond acceptors (Lipinski definition) is 4. The van der Waals surface area contributed by atoms with E-state index in [0.717, 1.165) is 22.6 Å². The molecule has 1 heterocycles. The van der Waals surface area contributed by atoms with Crippen molar-refractivity contribution in [1.82, 2.24) is 14.9 Å². The van der Waals surface area contributed by atoms with Crippen LogP contribution in [0.1, 0.15) is 5.56 Å². The van der Waals surface area contributed by atoms with Gasteiger partial charge in [-0.15, -0.1) is 0 Å². The molecule has 0 atom stereocenters. The molecule has 1 aromatic heterocycles. The second kappa shape index (κ2) is 7.80. The molecule has 1 N–H and O–H groups in total. The summed E-state index contributed by atoms with van der Waals surface area (Å²) >= 11 is 5.09. The number of benzene rings is 3. The zero-order valence-electron chi connectivity index (χ0n) is 14.4. The first-order valence-corrected chi connectivity index (χ1v) is 8.89. The highest BCUT2D eigenvalue weighted by atomic mass is 32.1. The molecule has 0 fully saturated rings. The smallest absolute Gasteiger partial charge is 0.216 e. The van der Waals surface area contributed by atoms with Gasteiger partial charge in [-0.2, -0.15) is 14.9 Å². The highest BCUT2D eigenvalue weighted by Crippen LogP contribution is 2.33. The number of aromatic nitrogens is 3. The lowest BCUT2D eigenvalue weighted by molar-refractivity contribution is 0.863. The molecule has 0 radical (unpaired) electrons. The van der Waals surface area contributed by atoms with Crippen LogP contribution in [0.25, 0.3) is 0 Å². The highest BCUT2D eigenvalue weighted by Gasteiger charge is 2.11. The third-order valence-electron chi connectivity index (χ3n) is 4.05. The van der Waals surface area contributed by atoms with Gasteiger partial charge in [-0.25, -0.2) is 0 Å². The molecule has 0 amide bonds. The van der Waals surface area contributed by atoms with Gasteiger partial charge in [0.2, 0.25) is 4.77 Å². The third-order valence-corrected chi connectivity index (χ3v) is 4.33. The van der Waals surface area contributed by atoms with Gasteiger partial charge in [-0.05, 0) is 54.2 Å². The Morgan fingerprint density at radius 3 is 1.89 bits per heavy atom. The van der Waals surface area contributed by atoms with Crippen molar-refractivity contribution in [2.45, 2.75) is 0 Å². The first kappa shape index (κ1) is 16.9. The van der Waals surface area contributed by atoms with Crippen LogP contribution in [0, 0.1) is 4.77 Å². The van der Waals surface area contributed by atoms with Crippen LogP contribution in [0.4, 0.5) is 17.1 Å². The second-order valence-corrected chi connectivity index (χ2v) is 6.24. The molecule has 6 heteroatoms. The molecule has 27 heavy (non-hydrogen) atoms. The fourth-order valence-corrected chi connectivity index (χ4v) is 2.91. The Labute approximate surface area is 162 Å². The first-order valence-electron chi connectivity index (χ1n) is 8.48. The van der Waals surface area contributed by atoms with Crippen molar-refractivity contribution < 1.29 is 0 Å². The van der Waals surface area contributed by atoms with E-state index in [9.17, 15) is 0 Å². The lowest BCUT2D eigenvalue weighted by atomic mass is 10.1. The molecular formula is C21H17N5S. The zero-order valence-corrected chi connectivity index (χ0v) is 15.3. The van der Waals surface area contributed by atoms with Crippen molar-refractivity contribution in [2.75, 3.05) is 4.90 Å². The van der Waals surface area contributed by atoms with E-state index in [1.54, 1.807) is 12.5 Å². The van der Waals surface area contributed by atoms with Crippen molar-refractivity contribution >= 4 is 35.5 Å². The van der Waals surface area contributed by atoms with E-state index >= 15 is 0 Å². The monoisotopic (exact) mass is 371 g/mol. The van der Waals surface area contributed by atoms with E-state index in [4.69, 9.17) is 12.2 Å². The average molecular weight is 371 g/mol. The summed E-state index contributed by atoms with van der Waals surface area (Å²) in [5, 5.41) is 10.8. The summed E-state index contributed by atoms with van der Waals surface area (Å²) < 4.78 is 1.98. The Morgan fingerprint density at radius 2 is 1.37 bits per heavy atom. The average Bonchev–Trinajstić information content (AvgIpc) is 3.14. The number of H-pyrrole nitrogens is 1. The Morgan fingerprint density at radius 1 is 0.815 bits per heavy atom. The van der Waals surface area contributed by atoms with Crippen LogP contribution < -0.4 is 4.90 Å². The Hall–Kier alpha value is -3.51. The van der Waals surface area contributed by atoms with Crippen LogP contribution in [-0.2, 0) is 0 Å². The van der Waals surface area contributed by atoms with Gasteiger partial charge in [-0.1, -0.05) is 48.5 Å². The molecule has 4 rings (SSSR count). The van der Waals surface area contributed by atoms with Gasteiger partial charge in [0, 0.05) is 17.1 Å². The number of para-hydroxylation sites is 2. The summed E-state index contributed by atoms with van der Waals surface area (Å²) in [6, 6.07) is 28.8. The normalized spacial score (nSPS) is 11.0. The van der Waals surface area contributed by atoms with E-state index in [1.807, 2.05) is 48.5 Å². The third kappa shape index (κ3) is 3.86. The van der Waals surface area contributed by atoms with E-state index in [2.05, 4.69) is 56.6 Å². The molecule has 0 saturated heterocycles. The van der Waals surface area contributed by atoms with Gasteiger partial charge < -0.3 is 4.90 Å². The Bertz CT molecular complexity index is 1040. The van der Waals surface area contributed by atoms with Crippen LogP contribution in [0.5, 0.6) is 0 Å². The molecule has 0 spiro atoms. The molecular weight excluding hydrogens is 354 g/mol. The van der Waals surface area contributed by atoms with Gasteiger partial charge >= 0.3 is 0 Å². The van der Waals surface area contributed by atoms with Crippen molar-refractivity contribution in [1.29, 1.82) is 0 Å². The summed E-state index contributed by atoms with van der Waals surface area (Å²) in [6.45, 7) is 0. The molecule has 0 aliphatic rings. The summed E-state index contributed by atoms with van der Waals surface area (Å²) in [5.74, 6) is 0. The predicted octanol–water partition coefficient (Wildman–Crippen LogP) is 5.29. The van der Waals surface area contributed by atoms with Crippen molar-refractivity contribution in [2.24, 2.45) is 5.10 Å². The predicted molar refractivity (Wildman–Crippen MR) is 112 cm³/mol. The minimum absolute atomic E-state index is 0.460.